The van der Waals surface area contributed by atoms with Gasteiger partial charge in [0.2, 0.25) is 5.91 Å². The molecule has 15 heavy (non-hydrogen) atoms. The van der Waals surface area contributed by atoms with Gasteiger partial charge in [-0.3, -0.25) is 9.59 Å². The number of esters is 1. The van der Waals surface area contributed by atoms with Crippen LogP contribution in [0, 0.1) is 11.8 Å². The average Bonchev–Trinajstić information content (AvgIpc) is 1.95. The Morgan fingerprint density at radius 3 is 2.00 bits per heavy atom. The van der Waals surface area contributed by atoms with Crippen LogP contribution in [0.2, 0.25) is 0 Å². The number of hydrogen-bond donors (Lipinski definition) is 1. The molecule has 0 rings (SSSR count). The van der Waals surface area contributed by atoms with Gasteiger partial charge in [-0.2, -0.15) is 0 Å². The van der Waals surface area contributed by atoms with E-state index in [1.807, 2.05) is 13.8 Å². The summed E-state index contributed by atoms with van der Waals surface area (Å²) in [6, 6.07) is 0. The molecule has 4 heteroatoms. The molecule has 1 unspecified atom stereocenters. The van der Waals surface area contributed by atoms with Gasteiger partial charge in [0.05, 0.1) is 0 Å². The van der Waals surface area contributed by atoms with E-state index in [0.29, 0.717) is 6.42 Å². The van der Waals surface area contributed by atoms with Gasteiger partial charge in [0.15, 0.2) is 0 Å². The van der Waals surface area contributed by atoms with Crippen LogP contribution in [0.25, 0.3) is 0 Å². The highest BCUT2D eigenvalue weighted by Gasteiger charge is 2.29. The van der Waals surface area contributed by atoms with Crippen LogP contribution in [0.1, 0.15) is 41.0 Å². The van der Waals surface area contributed by atoms with Crippen molar-refractivity contribution in [3.05, 3.63) is 0 Å². The topological polar surface area (TPSA) is 69.4 Å². The first-order chi connectivity index (χ1) is 6.63. The summed E-state index contributed by atoms with van der Waals surface area (Å²) in [5, 5.41) is 0. The van der Waals surface area contributed by atoms with Crippen LogP contribution in [0.3, 0.4) is 0 Å². The predicted molar refractivity (Wildman–Crippen MR) is 58.0 cm³/mol. The number of hydrogen-bond acceptors (Lipinski definition) is 3. The van der Waals surface area contributed by atoms with Crippen LogP contribution in [0.4, 0.5) is 0 Å². The SMILES string of the molecule is CC(C)CC(C(N)=O)C(=O)OC(C)(C)C. The Bertz CT molecular complexity index is 241. The Morgan fingerprint density at radius 2 is 1.73 bits per heavy atom. The lowest BCUT2D eigenvalue weighted by Crippen LogP contribution is -2.36. The zero-order valence-electron chi connectivity index (χ0n) is 10.2. The molecule has 0 heterocycles. The lowest BCUT2D eigenvalue weighted by molar-refractivity contribution is -0.162. The molecule has 0 bridgehead atoms. The van der Waals surface area contributed by atoms with E-state index in [9.17, 15) is 9.59 Å². The first-order valence-electron chi connectivity index (χ1n) is 5.15. The largest absolute Gasteiger partial charge is 0.459 e. The Morgan fingerprint density at radius 1 is 1.27 bits per heavy atom. The molecule has 0 aromatic carbocycles. The highest BCUT2D eigenvalue weighted by atomic mass is 16.6. The van der Waals surface area contributed by atoms with Gasteiger partial charge in [0.25, 0.3) is 0 Å². The van der Waals surface area contributed by atoms with Crippen molar-refractivity contribution in [1.82, 2.24) is 0 Å². The molecule has 0 radical (unpaired) electrons. The lowest BCUT2D eigenvalue weighted by atomic mass is 9.96. The minimum atomic E-state index is -0.829. The maximum Gasteiger partial charge on any atom is 0.319 e. The molecular weight excluding hydrogens is 194 g/mol. The van der Waals surface area contributed by atoms with E-state index in [0.717, 1.165) is 0 Å². The summed E-state index contributed by atoms with van der Waals surface area (Å²) in [6.45, 7) is 9.15. The van der Waals surface area contributed by atoms with E-state index in [2.05, 4.69) is 0 Å². The van der Waals surface area contributed by atoms with Gasteiger partial charge >= 0.3 is 5.97 Å². The second-order valence-electron chi connectivity index (χ2n) is 5.12. The highest BCUT2D eigenvalue weighted by Crippen LogP contribution is 2.17. The fourth-order valence-corrected chi connectivity index (χ4v) is 1.17. The zero-order chi connectivity index (χ0) is 12.2. The van der Waals surface area contributed by atoms with E-state index in [1.54, 1.807) is 20.8 Å². The summed E-state index contributed by atoms with van der Waals surface area (Å²) in [5.41, 5.74) is 4.58. The van der Waals surface area contributed by atoms with Crippen molar-refractivity contribution in [2.45, 2.75) is 46.6 Å². The molecule has 0 saturated carbocycles. The van der Waals surface area contributed by atoms with E-state index in [4.69, 9.17) is 10.5 Å². The minimum absolute atomic E-state index is 0.231. The Hall–Kier alpha value is -1.06. The second-order valence-corrected chi connectivity index (χ2v) is 5.12. The average molecular weight is 215 g/mol. The van der Waals surface area contributed by atoms with Gasteiger partial charge in [-0.05, 0) is 33.1 Å². The molecule has 4 nitrogen and oxygen atoms in total. The normalized spacial score (nSPS) is 13.7. The van der Waals surface area contributed by atoms with Crippen LogP contribution >= 0.6 is 0 Å². The van der Waals surface area contributed by atoms with Crippen LogP contribution in [0.15, 0.2) is 0 Å². The molecule has 2 N–H and O–H groups in total. The van der Waals surface area contributed by atoms with E-state index >= 15 is 0 Å². The molecule has 0 aliphatic rings. The lowest BCUT2D eigenvalue weighted by Gasteiger charge is -2.23. The molecule has 0 spiro atoms. The first-order valence-corrected chi connectivity index (χ1v) is 5.15. The number of nitrogens with two attached hydrogens (primary N) is 1. The summed E-state index contributed by atoms with van der Waals surface area (Å²) >= 11 is 0. The third-order valence-electron chi connectivity index (χ3n) is 1.74. The molecule has 1 amide bonds. The minimum Gasteiger partial charge on any atom is -0.459 e. The molecule has 0 aliphatic carbocycles. The smallest absolute Gasteiger partial charge is 0.319 e. The van der Waals surface area contributed by atoms with Crippen molar-refractivity contribution in [2.75, 3.05) is 0 Å². The van der Waals surface area contributed by atoms with Gasteiger partial charge in [-0.25, -0.2) is 0 Å². The third kappa shape index (κ3) is 6.10. The maximum absolute atomic E-state index is 11.6. The van der Waals surface area contributed by atoms with E-state index < -0.39 is 23.4 Å². The van der Waals surface area contributed by atoms with E-state index in [1.165, 1.54) is 0 Å². The van der Waals surface area contributed by atoms with Gasteiger partial charge in [0.1, 0.15) is 11.5 Å². The monoisotopic (exact) mass is 215 g/mol. The molecule has 88 valence electrons. The van der Waals surface area contributed by atoms with E-state index in [-0.39, 0.29) is 5.92 Å². The molecular formula is C11H21NO3. The van der Waals surface area contributed by atoms with Gasteiger partial charge in [-0.15, -0.1) is 0 Å². The van der Waals surface area contributed by atoms with Gasteiger partial charge in [-0.1, -0.05) is 13.8 Å². The Labute approximate surface area is 91.2 Å². The molecule has 0 aromatic heterocycles. The highest BCUT2D eigenvalue weighted by molar-refractivity contribution is 5.97. The summed E-state index contributed by atoms with van der Waals surface area (Å²) in [4.78, 5) is 22.7. The van der Waals surface area contributed by atoms with Crippen molar-refractivity contribution < 1.29 is 14.3 Å². The summed E-state index contributed by atoms with van der Waals surface area (Å²) in [6.07, 6.45) is 0.435. The fraction of sp³-hybridized carbons (Fsp3) is 0.818. The van der Waals surface area contributed by atoms with Crippen molar-refractivity contribution in [2.24, 2.45) is 17.6 Å². The summed E-state index contributed by atoms with van der Waals surface area (Å²) in [5.74, 6) is -1.74. The number of primary amides is 1. The third-order valence-corrected chi connectivity index (χ3v) is 1.74. The Balaban J connectivity index is 4.50. The second kappa shape index (κ2) is 5.14. The van der Waals surface area contributed by atoms with Crippen LogP contribution in [-0.4, -0.2) is 17.5 Å². The van der Waals surface area contributed by atoms with Crippen molar-refractivity contribution in [3.8, 4) is 0 Å². The van der Waals surface area contributed by atoms with Crippen LogP contribution < -0.4 is 5.73 Å². The van der Waals surface area contributed by atoms with Crippen molar-refractivity contribution in [1.29, 1.82) is 0 Å². The van der Waals surface area contributed by atoms with Gasteiger partial charge < -0.3 is 10.5 Å². The molecule has 1 atom stereocenters. The quantitative estimate of drug-likeness (QED) is 0.570. The van der Waals surface area contributed by atoms with Crippen LogP contribution in [0.5, 0.6) is 0 Å². The number of amides is 1. The Kier molecular flexibility index (Phi) is 4.78. The number of carbonyl (C=O) groups excluding carboxylic acids is 2. The van der Waals surface area contributed by atoms with Crippen molar-refractivity contribution >= 4 is 11.9 Å². The molecule has 0 saturated heterocycles. The maximum atomic E-state index is 11.6. The number of ether oxygens (including phenoxy) is 1. The summed E-state index contributed by atoms with van der Waals surface area (Å²) < 4.78 is 5.12. The van der Waals surface area contributed by atoms with Gasteiger partial charge in [0, 0.05) is 0 Å². The first kappa shape index (κ1) is 13.9. The molecule has 0 aliphatic heterocycles. The zero-order valence-corrected chi connectivity index (χ0v) is 10.2. The molecule has 0 fully saturated rings. The predicted octanol–water partition coefficient (Wildman–Crippen LogP) is 1.48. The number of carbonyl (C=O) groups is 2. The fourth-order valence-electron chi connectivity index (χ4n) is 1.17. The molecule has 0 aromatic rings. The van der Waals surface area contributed by atoms with Crippen LogP contribution in [-0.2, 0) is 14.3 Å². The van der Waals surface area contributed by atoms with Crippen molar-refractivity contribution in [3.63, 3.8) is 0 Å². The standard InChI is InChI=1S/C11H21NO3/c1-7(2)6-8(9(12)13)10(14)15-11(3,4)5/h7-8H,6H2,1-5H3,(H2,12,13). The summed E-state index contributed by atoms with van der Waals surface area (Å²) in [7, 11) is 0. The number of rotatable bonds is 4.